The highest BCUT2D eigenvalue weighted by Crippen LogP contribution is 2.52. The first-order chi connectivity index (χ1) is 14.2. The van der Waals surface area contributed by atoms with Crippen molar-refractivity contribution in [3.8, 4) is 0 Å². The van der Waals surface area contributed by atoms with Crippen molar-refractivity contribution in [1.82, 2.24) is 9.88 Å². The third-order valence-electron chi connectivity index (χ3n) is 7.08. The summed E-state index contributed by atoms with van der Waals surface area (Å²) in [5.41, 5.74) is 1.15. The predicted octanol–water partition coefficient (Wildman–Crippen LogP) is 4.52. The molecule has 2 heterocycles. The van der Waals surface area contributed by atoms with Gasteiger partial charge in [0.1, 0.15) is 5.82 Å². The molecule has 1 atom stereocenters. The number of hydrogen-bond donors (Lipinski definition) is 1. The number of hydrogen-bond acceptors (Lipinski definition) is 3. The smallest absolute Gasteiger partial charge is 0.254 e. The van der Waals surface area contributed by atoms with Gasteiger partial charge in [0.25, 0.3) is 5.91 Å². The van der Waals surface area contributed by atoms with Crippen molar-refractivity contribution >= 4 is 17.6 Å². The Labute approximate surface area is 171 Å². The number of carbonyl (C=O) groups excluding carboxylic acids is 2. The largest absolute Gasteiger partial charge is 0.329 e. The third kappa shape index (κ3) is 2.95. The molecule has 2 amide bonds. The molecule has 5 heteroatoms. The van der Waals surface area contributed by atoms with Crippen molar-refractivity contribution in [2.45, 2.75) is 68.9 Å². The zero-order valence-corrected chi connectivity index (χ0v) is 16.6. The minimum atomic E-state index is -0.417. The van der Waals surface area contributed by atoms with Gasteiger partial charge in [-0.2, -0.15) is 0 Å². The molecule has 5 rings (SSSR count). The number of aromatic nitrogens is 1. The molecule has 5 nitrogen and oxygen atoms in total. The molecular weight excluding hydrogens is 362 g/mol. The maximum absolute atomic E-state index is 13.7. The summed E-state index contributed by atoms with van der Waals surface area (Å²) in [5, 5.41) is 3.04. The Morgan fingerprint density at radius 2 is 1.72 bits per heavy atom. The average molecular weight is 389 g/mol. The van der Waals surface area contributed by atoms with E-state index in [1.54, 1.807) is 6.20 Å². The minimum Gasteiger partial charge on any atom is -0.329 e. The molecule has 1 unspecified atom stereocenters. The lowest BCUT2D eigenvalue weighted by atomic mass is 9.70. The van der Waals surface area contributed by atoms with Crippen LogP contribution in [0.4, 0.5) is 5.82 Å². The topological polar surface area (TPSA) is 62.3 Å². The Bertz CT molecular complexity index is 915. The van der Waals surface area contributed by atoms with Crippen LogP contribution in [0.1, 0.15) is 73.2 Å². The summed E-state index contributed by atoms with van der Waals surface area (Å²) < 4.78 is 0. The number of carbonyl (C=O) groups is 2. The summed E-state index contributed by atoms with van der Waals surface area (Å²) in [5.74, 6) is 0.277. The van der Waals surface area contributed by atoms with Gasteiger partial charge in [-0.1, -0.05) is 49.9 Å². The Morgan fingerprint density at radius 1 is 1.00 bits per heavy atom. The standard InChI is InChI=1S/C24H27N3O2/c28-22(26-20-13-5-8-16-25-20)21-18-11-3-4-12-19(18)23(29)27(17-9-1-2-10-17)24(21)14-6-7-15-24/h3-5,8,11-13,16-17,21H,1-2,6-7,9-10,14-15H2,(H,25,26,28). The lowest BCUT2D eigenvalue weighted by Gasteiger charge is -2.52. The van der Waals surface area contributed by atoms with Gasteiger partial charge in [0.2, 0.25) is 5.91 Å². The van der Waals surface area contributed by atoms with Crippen LogP contribution < -0.4 is 5.32 Å². The first-order valence-corrected chi connectivity index (χ1v) is 10.9. The second-order valence-electron chi connectivity index (χ2n) is 8.65. The van der Waals surface area contributed by atoms with Gasteiger partial charge in [-0.3, -0.25) is 9.59 Å². The van der Waals surface area contributed by atoms with Crippen LogP contribution in [0.25, 0.3) is 0 Å². The van der Waals surface area contributed by atoms with Gasteiger partial charge in [0, 0.05) is 17.8 Å². The molecule has 1 N–H and O–H groups in total. The summed E-state index contributed by atoms with van der Waals surface area (Å²) in [7, 11) is 0. The number of nitrogens with zero attached hydrogens (tertiary/aromatic N) is 2. The molecular formula is C24H27N3O2. The highest BCUT2D eigenvalue weighted by Gasteiger charge is 2.57. The molecule has 1 spiro atoms. The number of anilines is 1. The Hall–Kier alpha value is -2.69. The number of rotatable bonds is 3. The SMILES string of the molecule is O=C(Nc1ccccn1)C1c2ccccc2C(=O)N(C2CCCC2)C12CCCC2. The van der Waals surface area contributed by atoms with Crippen molar-refractivity contribution in [2.75, 3.05) is 5.32 Å². The van der Waals surface area contributed by atoms with E-state index < -0.39 is 5.54 Å². The molecule has 0 saturated heterocycles. The molecule has 2 saturated carbocycles. The number of nitrogens with one attached hydrogen (secondary N) is 1. The fourth-order valence-corrected chi connectivity index (χ4v) is 5.93. The van der Waals surface area contributed by atoms with Gasteiger partial charge >= 0.3 is 0 Å². The van der Waals surface area contributed by atoms with Crippen molar-refractivity contribution in [3.63, 3.8) is 0 Å². The van der Waals surface area contributed by atoms with Crippen LogP contribution in [0.15, 0.2) is 48.7 Å². The van der Waals surface area contributed by atoms with Crippen LogP contribution in [-0.2, 0) is 4.79 Å². The summed E-state index contributed by atoms with van der Waals surface area (Å²) >= 11 is 0. The van der Waals surface area contributed by atoms with Crippen LogP contribution in [0.3, 0.4) is 0 Å². The van der Waals surface area contributed by atoms with Crippen LogP contribution in [0.5, 0.6) is 0 Å². The number of fused-ring (bicyclic) bond motifs is 1. The maximum atomic E-state index is 13.7. The Morgan fingerprint density at radius 3 is 2.45 bits per heavy atom. The zero-order valence-electron chi connectivity index (χ0n) is 16.6. The molecule has 0 bridgehead atoms. The normalized spacial score (nSPS) is 23.4. The van der Waals surface area contributed by atoms with Crippen LogP contribution in [-0.4, -0.2) is 33.3 Å². The Balaban J connectivity index is 1.62. The van der Waals surface area contributed by atoms with E-state index in [0.29, 0.717) is 11.4 Å². The summed E-state index contributed by atoms with van der Waals surface area (Å²) in [6.07, 6.45) is 10.0. The summed E-state index contributed by atoms with van der Waals surface area (Å²) in [6, 6.07) is 13.5. The van der Waals surface area contributed by atoms with Crippen molar-refractivity contribution < 1.29 is 9.59 Å². The first-order valence-electron chi connectivity index (χ1n) is 10.9. The zero-order chi connectivity index (χ0) is 19.8. The molecule has 2 fully saturated rings. The fourth-order valence-electron chi connectivity index (χ4n) is 5.93. The maximum Gasteiger partial charge on any atom is 0.254 e. The van der Waals surface area contributed by atoms with Crippen molar-refractivity contribution in [3.05, 3.63) is 59.8 Å². The fraction of sp³-hybridized carbons (Fsp3) is 0.458. The molecule has 2 aromatic rings. The second kappa shape index (κ2) is 7.29. The highest BCUT2D eigenvalue weighted by molar-refractivity contribution is 6.05. The van der Waals surface area contributed by atoms with Gasteiger partial charge in [0.15, 0.2) is 0 Å². The van der Waals surface area contributed by atoms with E-state index in [4.69, 9.17) is 0 Å². The number of amides is 2. The highest BCUT2D eigenvalue weighted by atomic mass is 16.2. The third-order valence-corrected chi connectivity index (χ3v) is 7.08. The second-order valence-corrected chi connectivity index (χ2v) is 8.65. The average Bonchev–Trinajstić information content (AvgIpc) is 3.42. The number of benzene rings is 1. The van der Waals surface area contributed by atoms with Gasteiger partial charge < -0.3 is 10.2 Å². The predicted molar refractivity (Wildman–Crippen MR) is 112 cm³/mol. The molecule has 2 aliphatic carbocycles. The van der Waals surface area contributed by atoms with Crippen molar-refractivity contribution in [2.24, 2.45) is 0 Å². The molecule has 1 aliphatic heterocycles. The van der Waals surface area contributed by atoms with Crippen LogP contribution in [0.2, 0.25) is 0 Å². The van der Waals surface area contributed by atoms with Crippen LogP contribution >= 0.6 is 0 Å². The van der Waals surface area contributed by atoms with E-state index in [-0.39, 0.29) is 23.8 Å². The van der Waals surface area contributed by atoms with Crippen LogP contribution in [0, 0.1) is 0 Å². The van der Waals surface area contributed by atoms with E-state index in [9.17, 15) is 9.59 Å². The van der Waals surface area contributed by atoms with E-state index >= 15 is 0 Å². The molecule has 1 aromatic carbocycles. The molecule has 29 heavy (non-hydrogen) atoms. The molecule has 3 aliphatic rings. The lowest BCUT2D eigenvalue weighted by Crippen LogP contribution is -2.62. The van der Waals surface area contributed by atoms with Crippen molar-refractivity contribution in [1.29, 1.82) is 0 Å². The van der Waals surface area contributed by atoms with Gasteiger partial charge in [-0.05, 0) is 49.4 Å². The van der Waals surface area contributed by atoms with Gasteiger partial charge in [0.05, 0.1) is 11.5 Å². The first kappa shape index (κ1) is 18.3. The monoisotopic (exact) mass is 389 g/mol. The quantitative estimate of drug-likeness (QED) is 0.840. The van der Waals surface area contributed by atoms with E-state index in [1.165, 1.54) is 0 Å². The van der Waals surface area contributed by atoms with Gasteiger partial charge in [-0.15, -0.1) is 0 Å². The Kier molecular flexibility index (Phi) is 4.61. The summed E-state index contributed by atoms with van der Waals surface area (Å²) in [4.78, 5) is 33.8. The summed E-state index contributed by atoms with van der Waals surface area (Å²) in [6.45, 7) is 0. The molecule has 150 valence electrons. The molecule has 1 aromatic heterocycles. The van der Waals surface area contributed by atoms with E-state index in [0.717, 1.165) is 56.9 Å². The lowest BCUT2D eigenvalue weighted by molar-refractivity contribution is -0.121. The van der Waals surface area contributed by atoms with Gasteiger partial charge in [-0.25, -0.2) is 4.98 Å². The van der Waals surface area contributed by atoms with E-state index in [2.05, 4.69) is 15.2 Å². The minimum absolute atomic E-state index is 0.0476. The number of pyridine rings is 1. The van der Waals surface area contributed by atoms with E-state index in [1.807, 2.05) is 42.5 Å². The molecule has 0 radical (unpaired) electrons.